The molecule has 0 saturated carbocycles. The second-order valence-electron chi connectivity index (χ2n) is 4.65. The van der Waals surface area contributed by atoms with Gasteiger partial charge in [0.25, 0.3) is 0 Å². The molecule has 4 nitrogen and oxygen atoms in total. The van der Waals surface area contributed by atoms with E-state index in [0.29, 0.717) is 5.95 Å². The Labute approximate surface area is 126 Å². The number of aromatic nitrogens is 2. The van der Waals surface area contributed by atoms with Crippen molar-refractivity contribution < 1.29 is 0 Å². The van der Waals surface area contributed by atoms with Crippen molar-refractivity contribution in [1.29, 1.82) is 0 Å². The molecule has 0 bridgehead atoms. The molecule has 0 fully saturated rings. The number of benzene rings is 1. The molecule has 3 rings (SSSR count). The van der Waals surface area contributed by atoms with Gasteiger partial charge in [0.15, 0.2) is 0 Å². The standard InChI is InChI=1S/C14H15IN4/c15-10-5-3-4-9(8-10)12-11-6-1-2-7-17-13(11)19-14(16)18-12/h3-5,8H,1-2,6-7H2,(H3,16,17,18,19). The van der Waals surface area contributed by atoms with E-state index in [0.717, 1.165) is 42.9 Å². The lowest BCUT2D eigenvalue weighted by atomic mass is 10.0. The van der Waals surface area contributed by atoms with Crippen LogP contribution in [0.25, 0.3) is 11.3 Å². The minimum absolute atomic E-state index is 0.335. The normalized spacial score (nSPS) is 14.4. The molecule has 0 amide bonds. The average molecular weight is 366 g/mol. The van der Waals surface area contributed by atoms with E-state index in [1.807, 2.05) is 6.07 Å². The first kappa shape index (κ1) is 12.7. The van der Waals surface area contributed by atoms with Gasteiger partial charge >= 0.3 is 0 Å². The fourth-order valence-corrected chi connectivity index (χ4v) is 2.94. The number of nitrogens with one attached hydrogen (secondary N) is 1. The monoisotopic (exact) mass is 366 g/mol. The Bertz CT molecular complexity index is 612. The maximum Gasteiger partial charge on any atom is 0.222 e. The Morgan fingerprint density at radius 3 is 2.95 bits per heavy atom. The quantitative estimate of drug-likeness (QED) is 0.762. The smallest absolute Gasteiger partial charge is 0.222 e. The highest BCUT2D eigenvalue weighted by Crippen LogP contribution is 2.30. The molecule has 0 aliphatic carbocycles. The number of nitrogens with zero attached hydrogens (tertiary/aromatic N) is 2. The molecule has 0 atom stereocenters. The molecular weight excluding hydrogens is 351 g/mol. The predicted molar refractivity (Wildman–Crippen MR) is 86.0 cm³/mol. The zero-order chi connectivity index (χ0) is 13.2. The minimum atomic E-state index is 0.335. The van der Waals surface area contributed by atoms with E-state index < -0.39 is 0 Å². The van der Waals surface area contributed by atoms with Gasteiger partial charge in [-0.05, 0) is 54.0 Å². The van der Waals surface area contributed by atoms with Gasteiger partial charge in [0.05, 0.1) is 5.69 Å². The van der Waals surface area contributed by atoms with Gasteiger partial charge in [-0.2, -0.15) is 4.98 Å². The second kappa shape index (κ2) is 5.32. The van der Waals surface area contributed by atoms with Crippen LogP contribution >= 0.6 is 22.6 Å². The Kier molecular flexibility index (Phi) is 3.54. The van der Waals surface area contributed by atoms with Gasteiger partial charge in [-0.25, -0.2) is 4.98 Å². The van der Waals surface area contributed by atoms with Gasteiger partial charge in [0.1, 0.15) is 5.82 Å². The highest BCUT2D eigenvalue weighted by Gasteiger charge is 2.17. The van der Waals surface area contributed by atoms with E-state index >= 15 is 0 Å². The second-order valence-corrected chi connectivity index (χ2v) is 5.90. The number of rotatable bonds is 1. The molecule has 0 saturated heterocycles. The molecule has 2 aromatic rings. The van der Waals surface area contributed by atoms with Crippen molar-refractivity contribution in [3.05, 3.63) is 33.4 Å². The number of nitrogen functional groups attached to an aromatic ring is 1. The van der Waals surface area contributed by atoms with Gasteiger partial charge in [-0.15, -0.1) is 0 Å². The minimum Gasteiger partial charge on any atom is -0.370 e. The number of fused-ring (bicyclic) bond motifs is 1. The van der Waals surface area contributed by atoms with Crippen LogP contribution in [-0.4, -0.2) is 16.5 Å². The van der Waals surface area contributed by atoms with Crippen molar-refractivity contribution in [2.75, 3.05) is 17.6 Å². The lowest BCUT2D eigenvalue weighted by Gasteiger charge is -2.12. The van der Waals surface area contributed by atoms with Crippen molar-refractivity contribution in [3.63, 3.8) is 0 Å². The summed E-state index contributed by atoms with van der Waals surface area (Å²) in [6.45, 7) is 0.954. The summed E-state index contributed by atoms with van der Waals surface area (Å²) >= 11 is 2.31. The van der Waals surface area contributed by atoms with Crippen LogP contribution in [0.4, 0.5) is 11.8 Å². The lowest BCUT2D eigenvalue weighted by Crippen LogP contribution is -2.07. The molecular formula is C14H15IN4. The molecule has 0 unspecified atom stereocenters. The third-order valence-corrected chi connectivity index (χ3v) is 3.94. The van der Waals surface area contributed by atoms with E-state index in [2.05, 4.69) is 56.1 Å². The summed E-state index contributed by atoms with van der Waals surface area (Å²) in [5.41, 5.74) is 9.11. The summed E-state index contributed by atoms with van der Waals surface area (Å²) in [6.07, 6.45) is 3.32. The molecule has 0 radical (unpaired) electrons. The molecule has 5 heteroatoms. The van der Waals surface area contributed by atoms with Crippen molar-refractivity contribution >= 4 is 34.4 Å². The van der Waals surface area contributed by atoms with Gasteiger partial charge in [-0.3, -0.25) is 0 Å². The number of hydrogen-bond acceptors (Lipinski definition) is 4. The maximum absolute atomic E-state index is 5.84. The van der Waals surface area contributed by atoms with Crippen LogP contribution in [0.15, 0.2) is 24.3 Å². The molecule has 2 heterocycles. The molecule has 1 aliphatic rings. The molecule has 1 aromatic carbocycles. The molecule has 1 aromatic heterocycles. The van der Waals surface area contributed by atoms with Gasteiger partial charge in [0.2, 0.25) is 5.95 Å². The fourth-order valence-electron chi connectivity index (χ4n) is 2.39. The summed E-state index contributed by atoms with van der Waals surface area (Å²) in [6, 6.07) is 8.33. The number of nitrogens with two attached hydrogens (primary N) is 1. The highest BCUT2D eigenvalue weighted by molar-refractivity contribution is 14.1. The molecule has 98 valence electrons. The largest absolute Gasteiger partial charge is 0.370 e. The summed E-state index contributed by atoms with van der Waals surface area (Å²) in [5.74, 6) is 1.24. The average Bonchev–Trinajstić information content (AvgIpc) is 2.63. The van der Waals surface area contributed by atoms with Crippen LogP contribution < -0.4 is 11.1 Å². The first-order valence-electron chi connectivity index (χ1n) is 6.40. The number of halogens is 1. The topological polar surface area (TPSA) is 63.8 Å². The Morgan fingerprint density at radius 2 is 2.11 bits per heavy atom. The summed E-state index contributed by atoms with van der Waals surface area (Å²) in [4.78, 5) is 8.80. The maximum atomic E-state index is 5.84. The Morgan fingerprint density at radius 1 is 1.21 bits per heavy atom. The van der Waals surface area contributed by atoms with Crippen LogP contribution in [0.2, 0.25) is 0 Å². The lowest BCUT2D eigenvalue weighted by molar-refractivity contribution is 0.785. The van der Waals surface area contributed by atoms with Crippen molar-refractivity contribution in [2.24, 2.45) is 0 Å². The highest BCUT2D eigenvalue weighted by atomic mass is 127. The van der Waals surface area contributed by atoms with E-state index in [-0.39, 0.29) is 0 Å². The van der Waals surface area contributed by atoms with Crippen LogP contribution in [0, 0.1) is 3.57 Å². The fraction of sp³-hybridized carbons (Fsp3) is 0.286. The zero-order valence-corrected chi connectivity index (χ0v) is 12.6. The van der Waals surface area contributed by atoms with E-state index in [9.17, 15) is 0 Å². The first-order chi connectivity index (χ1) is 9.24. The molecule has 1 aliphatic heterocycles. The Hall–Kier alpha value is -1.37. The predicted octanol–water partition coefficient (Wildman–Crippen LogP) is 3.08. The van der Waals surface area contributed by atoms with E-state index in [1.165, 1.54) is 9.13 Å². The zero-order valence-electron chi connectivity index (χ0n) is 10.5. The van der Waals surface area contributed by atoms with Crippen LogP contribution in [0.3, 0.4) is 0 Å². The first-order valence-corrected chi connectivity index (χ1v) is 7.48. The van der Waals surface area contributed by atoms with E-state index in [1.54, 1.807) is 0 Å². The molecule has 0 spiro atoms. The van der Waals surface area contributed by atoms with Crippen molar-refractivity contribution in [2.45, 2.75) is 19.3 Å². The van der Waals surface area contributed by atoms with Crippen LogP contribution in [0.1, 0.15) is 18.4 Å². The Balaban J connectivity index is 2.17. The van der Waals surface area contributed by atoms with Crippen molar-refractivity contribution in [1.82, 2.24) is 9.97 Å². The number of anilines is 2. The van der Waals surface area contributed by atoms with Crippen LogP contribution in [0.5, 0.6) is 0 Å². The van der Waals surface area contributed by atoms with Gasteiger partial charge in [-0.1, -0.05) is 12.1 Å². The van der Waals surface area contributed by atoms with E-state index in [4.69, 9.17) is 5.73 Å². The third-order valence-electron chi connectivity index (χ3n) is 3.27. The summed E-state index contributed by atoms with van der Waals surface area (Å²) in [5, 5.41) is 3.36. The third kappa shape index (κ3) is 2.65. The summed E-state index contributed by atoms with van der Waals surface area (Å²) in [7, 11) is 0. The summed E-state index contributed by atoms with van der Waals surface area (Å²) < 4.78 is 1.20. The van der Waals surface area contributed by atoms with Gasteiger partial charge < -0.3 is 11.1 Å². The molecule has 3 N–H and O–H groups in total. The molecule has 19 heavy (non-hydrogen) atoms. The SMILES string of the molecule is Nc1nc2c(c(-c3cccc(I)c3)n1)CCCCN2. The number of hydrogen-bond donors (Lipinski definition) is 2. The van der Waals surface area contributed by atoms with Crippen molar-refractivity contribution in [3.8, 4) is 11.3 Å². The van der Waals surface area contributed by atoms with Gasteiger partial charge in [0, 0.05) is 21.2 Å². The van der Waals surface area contributed by atoms with Crippen LogP contribution in [-0.2, 0) is 6.42 Å².